The van der Waals surface area contributed by atoms with E-state index in [4.69, 9.17) is 0 Å². The molecule has 35 heavy (non-hydrogen) atoms. The molecule has 0 spiro atoms. The van der Waals surface area contributed by atoms with Crippen molar-refractivity contribution < 1.29 is 14.4 Å². The summed E-state index contributed by atoms with van der Waals surface area (Å²) in [6.07, 6.45) is 0. The fourth-order valence-corrected chi connectivity index (χ4v) is 4.25. The Morgan fingerprint density at radius 1 is 0.829 bits per heavy atom. The van der Waals surface area contributed by atoms with Crippen molar-refractivity contribution in [3.05, 3.63) is 101 Å². The van der Waals surface area contributed by atoms with Gasteiger partial charge in [-0.2, -0.15) is 0 Å². The Hall–Kier alpha value is -4.30. The number of anilines is 2. The maximum Gasteiger partial charge on any atom is 0.259 e. The molecule has 0 aliphatic carbocycles. The second-order valence-electron chi connectivity index (χ2n) is 7.90. The molecule has 3 N–H and O–H groups in total. The molecule has 0 fully saturated rings. The molecule has 1 heterocycles. The highest BCUT2D eigenvalue weighted by Crippen LogP contribution is 2.27. The van der Waals surface area contributed by atoms with Gasteiger partial charge in [-0.25, -0.2) is 4.98 Å². The second kappa shape index (κ2) is 10.8. The topological polar surface area (TPSA) is 100 Å². The molecular weight excluding hydrogens is 460 g/mol. The summed E-state index contributed by atoms with van der Waals surface area (Å²) in [7, 11) is 0. The van der Waals surface area contributed by atoms with Gasteiger partial charge in [-0.1, -0.05) is 54.6 Å². The van der Waals surface area contributed by atoms with E-state index in [1.165, 1.54) is 18.3 Å². The van der Waals surface area contributed by atoms with Crippen molar-refractivity contribution in [1.82, 2.24) is 10.3 Å². The smallest absolute Gasteiger partial charge is 0.259 e. The van der Waals surface area contributed by atoms with Crippen LogP contribution in [0.15, 0.2) is 84.2 Å². The molecule has 3 amide bonds. The van der Waals surface area contributed by atoms with Gasteiger partial charge in [-0.05, 0) is 36.8 Å². The number of rotatable bonds is 7. The van der Waals surface area contributed by atoms with Gasteiger partial charge >= 0.3 is 0 Å². The predicted octanol–water partition coefficient (Wildman–Crippen LogP) is 5.51. The number of carbonyl (C=O) groups excluding carboxylic acids is 3. The Morgan fingerprint density at radius 2 is 1.51 bits per heavy atom. The Labute approximate surface area is 207 Å². The number of aromatic nitrogens is 1. The standard InChI is InChI=1S/C27H24N4O3S/c1-17(28-18(2)32)19-12-14-20(15-13-19)24-16-35-27(30-24)31-26(34)22-10-6-7-11-23(22)29-25(33)21-8-4-3-5-9-21/h3-17H,1-2H3,(H,28,32)(H,29,33)(H,30,31,34). The molecule has 0 saturated heterocycles. The van der Waals surface area contributed by atoms with E-state index in [1.807, 2.05) is 42.6 Å². The molecule has 0 aliphatic heterocycles. The van der Waals surface area contributed by atoms with Gasteiger partial charge in [0, 0.05) is 23.4 Å². The summed E-state index contributed by atoms with van der Waals surface area (Å²) in [6.45, 7) is 3.42. The summed E-state index contributed by atoms with van der Waals surface area (Å²) in [5, 5.41) is 10.8. The van der Waals surface area contributed by atoms with E-state index in [9.17, 15) is 14.4 Å². The van der Waals surface area contributed by atoms with Crippen molar-refractivity contribution >= 4 is 39.9 Å². The van der Waals surface area contributed by atoms with Crippen molar-refractivity contribution in [2.24, 2.45) is 0 Å². The average molecular weight is 485 g/mol. The molecule has 1 aromatic heterocycles. The Bertz CT molecular complexity index is 1350. The summed E-state index contributed by atoms with van der Waals surface area (Å²) in [5.74, 6) is -0.740. The molecule has 4 rings (SSSR count). The average Bonchev–Trinajstić information content (AvgIpc) is 3.33. The summed E-state index contributed by atoms with van der Waals surface area (Å²) >= 11 is 1.32. The maximum atomic E-state index is 13.0. The number of amides is 3. The summed E-state index contributed by atoms with van der Waals surface area (Å²) in [4.78, 5) is 41.3. The fraction of sp³-hybridized carbons (Fsp3) is 0.111. The minimum Gasteiger partial charge on any atom is -0.350 e. The number of para-hydroxylation sites is 1. The SMILES string of the molecule is CC(=O)NC(C)c1ccc(-c2csc(NC(=O)c3ccccc3NC(=O)c3ccccc3)n2)cc1. The minimum atomic E-state index is -0.366. The highest BCUT2D eigenvalue weighted by Gasteiger charge is 2.16. The van der Waals surface area contributed by atoms with E-state index < -0.39 is 0 Å². The summed E-state index contributed by atoms with van der Waals surface area (Å²) in [6, 6.07) is 23.3. The van der Waals surface area contributed by atoms with E-state index in [-0.39, 0.29) is 23.8 Å². The maximum absolute atomic E-state index is 13.0. The second-order valence-corrected chi connectivity index (χ2v) is 8.76. The number of thiazole rings is 1. The van der Waals surface area contributed by atoms with Crippen molar-refractivity contribution in [3.8, 4) is 11.3 Å². The first kappa shape index (κ1) is 23.8. The summed E-state index contributed by atoms with van der Waals surface area (Å²) in [5.41, 5.74) is 3.88. The van der Waals surface area contributed by atoms with E-state index in [0.717, 1.165) is 16.8 Å². The Kier molecular flexibility index (Phi) is 7.32. The lowest BCUT2D eigenvalue weighted by molar-refractivity contribution is -0.119. The summed E-state index contributed by atoms with van der Waals surface area (Å²) < 4.78 is 0. The molecule has 0 aliphatic rings. The highest BCUT2D eigenvalue weighted by molar-refractivity contribution is 7.14. The third kappa shape index (κ3) is 5.99. The van der Waals surface area contributed by atoms with Crippen molar-refractivity contribution in [2.45, 2.75) is 19.9 Å². The van der Waals surface area contributed by atoms with Crippen LogP contribution in [0.2, 0.25) is 0 Å². The van der Waals surface area contributed by atoms with Crippen LogP contribution in [0, 0.1) is 0 Å². The van der Waals surface area contributed by atoms with Gasteiger partial charge in [0.1, 0.15) is 0 Å². The third-order valence-electron chi connectivity index (χ3n) is 5.31. The number of hydrogen-bond donors (Lipinski definition) is 3. The van der Waals surface area contributed by atoms with Crippen LogP contribution in [0.4, 0.5) is 10.8 Å². The molecule has 4 aromatic rings. The van der Waals surface area contributed by atoms with Crippen LogP contribution in [0.1, 0.15) is 46.2 Å². The largest absolute Gasteiger partial charge is 0.350 e. The molecule has 0 saturated carbocycles. The van der Waals surface area contributed by atoms with Crippen molar-refractivity contribution in [1.29, 1.82) is 0 Å². The first-order chi connectivity index (χ1) is 16.9. The molecule has 176 valence electrons. The van der Waals surface area contributed by atoms with Gasteiger partial charge in [0.05, 0.1) is 23.0 Å². The molecule has 8 heteroatoms. The van der Waals surface area contributed by atoms with E-state index in [0.29, 0.717) is 21.9 Å². The molecule has 3 aromatic carbocycles. The first-order valence-corrected chi connectivity index (χ1v) is 11.9. The predicted molar refractivity (Wildman–Crippen MR) is 139 cm³/mol. The van der Waals surface area contributed by atoms with Gasteiger partial charge in [-0.3, -0.25) is 19.7 Å². The van der Waals surface area contributed by atoms with E-state index in [1.54, 1.807) is 48.5 Å². The highest BCUT2D eigenvalue weighted by atomic mass is 32.1. The van der Waals surface area contributed by atoms with E-state index in [2.05, 4.69) is 20.9 Å². The minimum absolute atomic E-state index is 0.0809. The van der Waals surface area contributed by atoms with Crippen LogP contribution in [-0.4, -0.2) is 22.7 Å². The van der Waals surface area contributed by atoms with Crippen LogP contribution in [0.3, 0.4) is 0 Å². The fourth-order valence-electron chi connectivity index (χ4n) is 3.53. The van der Waals surface area contributed by atoms with Gasteiger partial charge in [0.15, 0.2) is 5.13 Å². The normalized spacial score (nSPS) is 11.4. The Morgan fingerprint density at radius 3 is 2.23 bits per heavy atom. The molecule has 7 nitrogen and oxygen atoms in total. The van der Waals surface area contributed by atoms with Crippen molar-refractivity contribution in [3.63, 3.8) is 0 Å². The zero-order chi connectivity index (χ0) is 24.8. The molecular formula is C27H24N4O3S. The van der Waals surface area contributed by atoms with Crippen LogP contribution < -0.4 is 16.0 Å². The zero-order valence-corrected chi connectivity index (χ0v) is 20.1. The van der Waals surface area contributed by atoms with Crippen molar-refractivity contribution in [2.75, 3.05) is 10.6 Å². The molecule has 0 radical (unpaired) electrons. The van der Waals surface area contributed by atoms with Crippen LogP contribution in [0.5, 0.6) is 0 Å². The van der Waals surface area contributed by atoms with Gasteiger partial charge in [0.25, 0.3) is 11.8 Å². The monoisotopic (exact) mass is 484 g/mol. The number of benzene rings is 3. The zero-order valence-electron chi connectivity index (χ0n) is 19.2. The number of nitrogens with zero attached hydrogens (tertiary/aromatic N) is 1. The van der Waals surface area contributed by atoms with Gasteiger partial charge in [0.2, 0.25) is 5.91 Å². The number of hydrogen-bond acceptors (Lipinski definition) is 5. The van der Waals surface area contributed by atoms with Gasteiger partial charge in [-0.15, -0.1) is 11.3 Å². The van der Waals surface area contributed by atoms with E-state index >= 15 is 0 Å². The first-order valence-electron chi connectivity index (χ1n) is 11.0. The van der Waals surface area contributed by atoms with Gasteiger partial charge < -0.3 is 10.6 Å². The van der Waals surface area contributed by atoms with Crippen LogP contribution in [-0.2, 0) is 4.79 Å². The lowest BCUT2D eigenvalue weighted by Gasteiger charge is -2.13. The lowest BCUT2D eigenvalue weighted by Crippen LogP contribution is -2.23. The number of nitrogens with one attached hydrogen (secondary N) is 3. The third-order valence-corrected chi connectivity index (χ3v) is 6.06. The Balaban J connectivity index is 1.45. The molecule has 1 atom stereocenters. The molecule has 0 bridgehead atoms. The quantitative estimate of drug-likeness (QED) is 0.322. The van der Waals surface area contributed by atoms with Crippen LogP contribution in [0.25, 0.3) is 11.3 Å². The van der Waals surface area contributed by atoms with Crippen LogP contribution >= 0.6 is 11.3 Å². The lowest BCUT2D eigenvalue weighted by atomic mass is 10.1. The number of carbonyl (C=O) groups is 3. The molecule has 1 unspecified atom stereocenters.